The van der Waals surface area contributed by atoms with Crippen molar-refractivity contribution < 1.29 is 27.3 Å². The Labute approximate surface area is 147 Å². The monoisotopic (exact) mass is 384 g/mol. The Balaban J connectivity index is 2.07. The van der Waals surface area contributed by atoms with Gasteiger partial charge in [0.1, 0.15) is 0 Å². The van der Waals surface area contributed by atoms with Gasteiger partial charge in [0.05, 0.1) is 0 Å². The van der Waals surface area contributed by atoms with Crippen LogP contribution in [0.4, 0.5) is 0 Å². The van der Waals surface area contributed by atoms with Crippen molar-refractivity contribution in [2.24, 2.45) is 0 Å². The molecule has 2 aromatic carbocycles. The Morgan fingerprint density at radius 2 is 1.72 bits per heavy atom. The number of hydrogen-bond donors (Lipinski definition) is 3. The van der Waals surface area contributed by atoms with E-state index in [2.05, 4.69) is 0 Å². The van der Waals surface area contributed by atoms with Gasteiger partial charge < -0.3 is 9.79 Å². The predicted molar refractivity (Wildman–Crippen MR) is 96.9 cm³/mol. The Hall–Kier alpha value is -1.50. The summed E-state index contributed by atoms with van der Waals surface area (Å²) < 4.78 is 42.5. The average Bonchev–Trinajstić information content (AvgIpc) is 2.50. The van der Waals surface area contributed by atoms with Crippen molar-refractivity contribution in [2.45, 2.75) is 31.2 Å². The molecule has 0 bridgehead atoms. The first-order valence-electron chi connectivity index (χ1n) is 7.75. The fourth-order valence-electron chi connectivity index (χ4n) is 2.79. The molecule has 0 saturated heterocycles. The highest BCUT2D eigenvalue weighted by atomic mass is 32.2. The normalized spacial score (nSPS) is 13.6. The van der Waals surface area contributed by atoms with Gasteiger partial charge in [-0.05, 0) is 48.4 Å². The van der Waals surface area contributed by atoms with Crippen molar-refractivity contribution in [3.05, 3.63) is 59.7 Å². The first-order chi connectivity index (χ1) is 11.6. The maximum Gasteiger partial charge on any atom is 0.346 e. The molecule has 6 nitrogen and oxygen atoms in total. The molecule has 8 heteroatoms. The quantitative estimate of drug-likeness (QED) is 0.498. The zero-order valence-electron chi connectivity index (χ0n) is 13.7. The van der Waals surface area contributed by atoms with E-state index in [4.69, 9.17) is 14.3 Å². The largest absolute Gasteiger partial charge is 0.346 e. The van der Waals surface area contributed by atoms with Gasteiger partial charge in [0.2, 0.25) is 0 Å². The molecule has 1 atom stereocenters. The van der Waals surface area contributed by atoms with Crippen LogP contribution in [0.1, 0.15) is 24.0 Å². The van der Waals surface area contributed by atoms with Crippen LogP contribution in [0.5, 0.6) is 0 Å². The molecule has 0 amide bonds. The lowest BCUT2D eigenvalue weighted by atomic mass is 9.97. The maximum atomic E-state index is 11.2. The third-order valence-electron chi connectivity index (χ3n) is 4.01. The van der Waals surface area contributed by atoms with E-state index in [1.165, 1.54) is 0 Å². The van der Waals surface area contributed by atoms with Gasteiger partial charge in [0.25, 0.3) is 10.1 Å². The third kappa shape index (κ3) is 5.49. The lowest BCUT2D eigenvalue weighted by Crippen LogP contribution is -2.20. The summed E-state index contributed by atoms with van der Waals surface area (Å²) in [5.41, 5.74) is 4.19. The van der Waals surface area contributed by atoms with Crippen molar-refractivity contribution in [3.63, 3.8) is 0 Å². The minimum Gasteiger partial charge on any atom is -0.323 e. The van der Waals surface area contributed by atoms with Gasteiger partial charge in [-0.1, -0.05) is 48.5 Å². The van der Waals surface area contributed by atoms with Crippen LogP contribution >= 0.6 is 7.60 Å². The second-order valence-corrected chi connectivity index (χ2v) is 9.72. The molecule has 25 heavy (non-hydrogen) atoms. The molecule has 0 fully saturated rings. The third-order valence-corrected chi connectivity index (χ3v) is 7.57. The van der Waals surface area contributed by atoms with Crippen LogP contribution < -0.4 is 0 Å². The summed E-state index contributed by atoms with van der Waals surface area (Å²) in [7, 11) is -9.71. The molecule has 0 saturated carbocycles. The summed E-state index contributed by atoms with van der Waals surface area (Å²) in [6.45, 7) is 1.97. The van der Waals surface area contributed by atoms with Crippen LogP contribution in [0, 0.1) is 6.92 Å². The van der Waals surface area contributed by atoms with Gasteiger partial charge in [0.15, 0.2) is 4.99 Å². The molecular weight excluding hydrogens is 363 g/mol. The smallest absolute Gasteiger partial charge is 0.323 e. The van der Waals surface area contributed by atoms with Gasteiger partial charge in [0, 0.05) is 0 Å². The zero-order chi connectivity index (χ0) is 18.7. The summed E-state index contributed by atoms with van der Waals surface area (Å²) in [5, 5.41) is 0. The van der Waals surface area contributed by atoms with Crippen molar-refractivity contribution in [1.29, 1.82) is 0 Å². The molecule has 0 aromatic heterocycles. The lowest BCUT2D eigenvalue weighted by Gasteiger charge is -2.15. The first kappa shape index (κ1) is 19.8. The van der Waals surface area contributed by atoms with Crippen molar-refractivity contribution >= 4 is 17.7 Å². The molecule has 0 heterocycles. The Bertz CT molecular complexity index is 873. The molecule has 0 aliphatic heterocycles. The molecular formula is C17H21O6PS. The standard InChI is InChI=1S/C17H21O6PS/c1-13-12-14(10-11-16(13)15-7-3-2-4-8-15)6-5-9-17(24(18,19)20)25(21,22)23/h2-4,7-8,10-12,17H,5-6,9H2,1H3,(H2,18,19,20)(H,21,22,23). The minimum atomic E-state index is -4.91. The average molecular weight is 384 g/mol. The molecule has 136 valence electrons. The van der Waals surface area contributed by atoms with Crippen LogP contribution in [0.25, 0.3) is 11.1 Å². The summed E-state index contributed by atoms with van der Waals surface area (Å²) in [4.78, 5) is 16.1. The Morgan fingerprint density at radius 1 is 1.08 bits per heavy atom. The highest BCUT2D eigenvalue weighted by Crippen LogP contribution is 2.46. The van der Waals surface area contributed by atoms with Gasteiger partial charge in [-0.25, -0.2) is 0 Å². The minimum absolute atomic E-state index is 0.236. The highest BCUT2D eigenvalue weighted by Gasteiger charge is 2.38. The van der Waals surface area contributed by atoms with E-state index in [0.717, 1.165) is 22.3 Å². The number of hydrogen-bond acceptors (Lipinski definition) is 3. The van der Waals surface area contributed by atoms with Crippen LogP contribution in [0.15, 0.2) is 48.5 Å². The van der Waals surface area contributed by atoms with Crippen LogP contribution in [-0.2, 0) is 21.1 Å². The van der Waals surface area contributed by atoms with E-state index in [0.29, 0.717) is 6.42 Å². The van der Waals surface area contributed by atoms with Gasteiger partial charge in [-0.2, -0.15) is 8.42 Å². The number of benzene rings is 2. The van der Waals surface area contributed by atoms with E-state index >= 15 is 0 Å². The summed E-state index contributed by atoms with van der Waals surface area (Å²) in [6.07, 6.45) is 0.393. The lowest BCUT2D eigenvalue weighted by molar-refractivity contribution is 0.360. The second kappa shape index (κ2) is 7.81. The number of aryl methyl sites for hydroxylation is 2. The molecule has 3 N–H and O–H groups in total. The van der Waals surface area contributed by atoms with Crippen molar-refractivity contribution in [3.8, 4) is 11.1 Å². The van der Waals surface area contributed by atoms with E-state index in [-0.39, 0.29) is 12.8 Å². The Morgan fingerprint density at radius 3 is 2.24 bits per heavy atom. The molecule has 2 aromatic rings. The SMILES string of the molecule is Cc1cc(CCCC(P(=O)(O)O)S(=O)(=O)O)ccc1-c1ccccc1. The predicted octanol–water partition coefficient (Wildman–Crippen LogP) is 3.38. The maximum absolute atomic E-state index is 11.2. The van der Waals surface area contributed by atoms with E-state index in [9.17, 15) is 13.0 Å². The van der Waals surface area contributed by atoms with E-state index in [1.807, 2.05) is 55.5 Å². The van der Waals surface area contributed by atoms with Crippen molar-refractivity contribution in [2.75, 3.05) is 0 Å². The fraction of sp³-hybridized carbons (Fsp3) is 0.294. The topological polar surface area (TPSA) is 112 Å². The summed E-state index contributed by atoms with van der Waals surface area (Å²) in [6, 6.07) is 15.7. The first-order valence-corrected chi connectivity index (χ1v) is 10.9. The van der Waals surface area contributed by atoms with Gasteiger partial charge in [-0.15, -0.1) is 0 Å². The van der Waals surface area contributed by atoms with Gasteiger partial charge in [-0.3, -0.25) is 9.12 Å². The molecule has 1 unspecified atom stereocenters. The van der Waals surface area contributed by atoms with Crippen LogP contribution in [0.3, 0.4) is 0 Å². The van der Waals surface area contributed by atoms with Crippen LogP contribution in [-0.4, -0.2) is 27.7 Å². The summed E-state index contributed by atoms with van der Waals surface area (Å²) >= 11 is 0. The second-order valence-electron chi connectivity index (χ2n) is 5.97. The molecule has 0 aliphatic rings. The van der Waals surface area contributed by atoms with E-state index in [1.54, 1.807) is 0 Å². The zero-order valence-corrected chi connectivity index (χ0v) is 15.5. The highest BCUT2D eigenvalue weighted by molar-refractivity contribution is 7.93. The molecule has 0 aliphatic carbocycles. The van der Waals surface area contributed by atoms with E-state index < -0.39 is 22.7 Å². The number of rotatable bonds is 7. The van der Waals surface area contributed by atoms with Crippen LogP contribution in [0.2, 0.25) is 0 Å². The molecule has 0 spiro atoms. The fourth-order valence-corrected chi connectivity index (χ4v) is 5.17. The Kier molecular flexibility index (Phi) is 6.19. The van der Waals surface area contributed by atoms with Crippen molar-refractivity contribution in [1.82, 2.24) is 0 Å². The molecule has 0 radical (unpaired) electrons. The van der Waals surface area contributed by atoms with Gasteiger partial charge >= 0.3 is 7.60 Å². The summed E-state index contributed by atoms with van der Waals surface area (Å²) in [5.74, 6) is 0. The molecule has 2 rings (SSSR count).